The van der Waals surface area contributed by atoms with Crippen LogP contribution < -0.4 is 10.5 Å². The van der Waals surface area contributed by atoms with Crippen molar-refractivity contribution >= 4 is 0 Å². The molecule has 14 heavy (non-hydrogen) atoms. The van der Waals surface area contributed by atoms with Crippen molar-refractivity contribution in [2.24, 2.45) is 5.73 Å². The van der Waals surface area contributed by atoms with E-state index < -0.39 is 17.7 Å². The highest BCUT2D eigenvalue weighted by molar-refractivity contribution is 5.40. The van der Waals surface area contributed by atoms with E-state index in [1.54, 1.807) is 0 Å². The summed E-state index contributed by atoms with van der Waals surface area (Å²) in [7, 11) is 1.27. The maximum absolute atomic E-state index is 13.1. The minimum Gasteiger partial charge on any atom is -0.505 e. The van der Waals surface area contributed by atoms with E-state index in [0.717, 1.165) is 6.07 Å². The zero-order valence-corrected chi connectivity index (χ0v) is 7.70. The molecule has 0 aliphatic carbocycles. The van der Waals surface area contributed by atoms with Crippen LogP contribution in [0.1, 0.15) is 11.7 Å². The average molecular weight is 201 g/mol. The quantitative estimate of drug-likeness (QED) is 0.666. The summed E-state index contributed by atoms with van der Waals surface area (Å²) in [6, 6.07) is 2.42. The van der Waals surface area contributed by atoms with Crippen LogP contribution in [0.2, 0.25) is 0 Å². The van der Waals surface area contributed by atoms with Gasteiger partial charge >= 0.3 is 0 Å². The van der Waals surface area contributed by atoms with Crippen molar-refractivity contribution in [3.05, 3.63) is 23.5 Å². The van der Waals surface area contributed by atoms with Crippen LogP contribution in [0.5, 0.6) is 11.5 Å². The SMILES string of the molecule is COc1cc(C(O)CN)cc(O)c1F. The monoisotopic (exact) mass is 201 g/mol. The van der Waals surface area contributed by atoms with Crippen LogP contribution in [0.3, 0.4) is 0 Å². The van der Waals surface area contributed by atoms with Crippen molar-refractivity contribution < 1.29 is 19.3 Å². The van der Waals surface area contributed by atoms with Crippen molar-refractivity contribution in [3.63, 3.8) is 0 Å². The molecule has 0 aromatic heterocycles. The van der Waals surface area contributed by atoms with Crippen LogP contribution in [-0.4, -0.2) is 23.9 Å². The first kappa shape index (κ1) is 10.7. The minimum absolute atomic E-state index is 0.00573. The molecule has 0 spiro atoms. The number of methoxy groups -OCH3 is 1. The third-order valence-electron chi connectivity index (χ3n) is 1.87. The maximum Gasteiger partial charge on any atom is 0.206 e. The molecule has 5 heteroatoms. The van der Waals surface area contributed by atoms with Gasteiger partial charge in [-0.25, -0.2) is 0 Å². The normalized spacial score (nSPS) is 12.6. The molecular weight excluding hydrogens is 189 g/mol. The van der Waals surface area contributed by atoms with Gasteiger partial charge in [0.05, 0.1) is 13.2 Å². The molecule has 0 radical (unpaired) electrons. The van der Waals surface area contributed by atoms with Gasteiger partial charge in [0, 0.05) is 6.54 Å². The summed E-state index contributed by atoms with van der Waals surface area (Å²) < 4.78 is 17.7. The number of halogens is 1. The van der Waals surface area contributed by atoms with Crippen LogP contribution >= 0.6 is 0 Å². The number of aliphatic hydroxyl groups is 1. The Morgan fingerprint density at radius 1 is 1.57 bits per heavy atom. The summed E-state index contributed by atoms with van der Waals surface area (Å²) in [4.78, 5) is 0. The van der Waals surface area contributed by atoms with Crippen molar-refractivity contribution in [2.45, 2.75) is 6.10 Å². The number of hydrogen-bond donors (Lipinski definition) is 3. The van der Waals surface area contributed by atoms with Crippen LogP contribution in [0.4, 0.5) is 4.39 Å². The highest BCUT2D eigenvalue weighted by Crippen LogP contribution is 2.29. The third-order valence-corrected chi connectivity index (χ3v) is 1.87. The van der Waals surface area contributed by atoms with Gasteiger partial charge in [-0.3, -0.25) is 0 Å². The number of hydrogen-bond acceptors (Lipinski definition) is 4. The Hall–Kier alpha value is -1.33. The van der Waals surface area contributed by atoms with Crippen LogP contribution in [-0.2, 0) is 0 Å². The van der Waals surface area contributed by atoms with Gasteiger partial charge in [-0.1, -0.05) is 0 Å². The second-order valence-electron chi connectivity index (χ2n) is 2.81. The molecule has 0 heterocycles. The Morgan fingerprint density at radius 2 is 2.21 bits per heavy atom. The van der Waals surface area contributed by atoms with Crippen LogP contribution in [0.15, 0.2) is 12.1 Å². The predicted molar refractivity (Wildman–Crippen MR) is 48.6 cm³/mol. The Balaban J connectivity index is 3.16. The second kappa shape index (κ2) is 4.26. The molecule has 4 nitrogen and oxygen atoms in total. The molecule has 1 rings (SSSR count). The Labute approximate surface area is 80.7 Å². The fourth-order valence-electron chi connectivity index (χ4n) is 1.08. The molecule has 0 aliphatic rings. The zero-order valence-electron chi connectivity index (χ0n) is 7.70. The van der Waals surface area contributed by atoms with Gasteiger partial charge < -0.3 is 20.7 Å². The molecule has 78 valence electrons. The van der Waals surface area contributed by atoms with Crippen LogP contribution in [0, 0.1) is 5.82 Å². The molecule has 0 bridgehead atoms. The van der Waals surface area contributed by atoms with Crippen LogP contribution in [0.25, 0.3) is 0 Å². The molecule has 1 aromatic carbocycles. The Kier molecular flexibility index (Phi) is 3.27. The summed E-state index contributed by atoms with van der Waals surface area (Å²) in [6.45, 7) is -0.00573. The summed E-state index contributed by atoms with van der Waals surface area (Å²) in [5.41, 5.74) is 5.54. The number of phenols is 1. The summed E-state index contributed by atoms with van der Waals surface area (Å²) >= 11 is 0. The lowest BCUT2D eigenvalue weighted by molar-refractivity contribution is 0.185. The maximum atomic E-state index is 13.1. The predicted octanol–water partition coefficient (Wildman–Crippen LogP) is 0.532. The number of nitrogens with two attached hydrogens (primary N) is 1. The van der Waals surface area contributed by atoms with Gasteiger partial charge in [0.1, 0.15) is 0 Å². The summed E-state index contributed by atoms with van der Waals surface area (Å²) in [5, 5.41) is 18.5. The third kappa shape index (κ3) is 1.94. The van der Waals surface area contributed by atoms with E-state index in [1.807, 2.05) is 0 Å². The first-order chi connectivity index (χ1) is 6.60. The molecule has 0 amide bonds. The number of aliphatic hydroxyl groups excluding tert-OH is 1. The molecule has 0 aliphatic heterocycles. The van der Waals surface area contributed by atoms with E-state index in [9.17, 15) is 9.50 Å². The lowest BCUT2D eigenvalue weighted by Gasteiger charge is -2.11. The number of benzene rings is 1. The first-order valence-corrected chi connectivity index (χ1v) is 4.04. The summed E-state index contributed by atoms with van der Waals surface area (Å²) in [6.07, 6.45) is -0.935. The fourth-order valence-corrected chi connectivity index (χ4v) is 1.08. The van der Waals surface area contributed by atoms with E-state index in [1.165, 1.54) is 13.2 Å². The average Bonchev–Trinajstić information content (AvgIpc) is 2.20. The molecule has 1 atom stereocenters. The van der Waals surface area contributed by atoms with Gasteiger partial charge in [0.2, 0.25) is 5.82 Å². The van der Waals surface area contributed by atoms with Gasteiger partial charge in [-0.15, -0.1) is 0 Å². The van der Waals surface area contributed by atoms with Gasteiger partial charge in [-0.05, 0) is 17.7 Å². The smallest absolute Gasteiger partial charge is 0.206 e. The van der Waals surface area contributed by atoms with E-state index in [2.05, 4.69) is 4.74 Å². The standard InChI is InChI=1S/C9H12FNO3/c1-14-8-3-5(7(13)4-11)2-6(12)9(8)10/h2-3,7,12-13H,4,11H2,1H3. The minimum atomic E-state index is -0.935. The second-order valence-corrected chi connectivity index (χ2v) is 2.81. The first-order valence-electron chi connectivity index (χ1n) is 4.04. The molecule has 1 aromatic rings. The molecule has 0 fully saturated rings. The Morgan fingerprint density at radius 3 is 2.71 bits per heavy atom. The molecule has 0 saturated heterocycles. The lowest BCUT2D eigenvalue weighted by atomic mass is 10.1. The molecule has 0 saturated carbocycles. The Bertz CT molecular complexity index is 330. The van der Waals surface area contributed by atoms with Gasteiger partial charge in [-0.2, -0.15) is 4.39 Å². The van der Waals surface area contributed by atoms with Gasteiger partial charge in [0.15, 0.2) is 11.5 Å². The topological polar surface area (TPSA) is 75.7 Å². The molecular formula is C9H12FNO3. The van der Waals surface area contributed by atoms with E-state index >= 15 is 0 Å². The summed E-state index contributed by atoms with van der Waals surface area (Å²) in [5.74, 6) is -1.53. The highest BCUT2D eigenvalue weighted by Gasteiger charge is 2.14. The van der Waals surface area contributed by atoms with Crippen molar-refractivity contribution in [2.75, 3.05) is 13.7 Å². The van der Waals surface area contributed by atoms with Crippen molar-refractivity contribution in [3.8, 4) is 11.5 Å². The van der Waals surface area contributed by atoms with Crippen molar-refractivity contribution in [1.82, 2.24) is 0 Å². The number of phenolic OH excluding ortho intramolecular Hbond substituents is 1. The zero-order chi connectivity index (χ0) is 10.7. The van der Waals surface area contributed by atoms with Gasteiger partial charge in [0.25, 0.3) is 0 Å². The van der Waals surface area contributed by atoms with E-state index in [-0.39, 0.29) is 12.3 Å². The van der Waals surface area contributed by atoms with Crippen molar-refractivity contribution in [1.29, 1.82) is 0 Å². The largest absolute Gasteiger partial charge is 0.505 e. The number of ether oxygens (including phenoxy) is 1. The number of rotatable bonds is 3. The fraction of sp³-hybridized carbons (Fsp3) is 0.333. The molecule has 1 unspecified atom stereocenters. The van der Waals surface area contributed by atoms with E-state index in [0.29, 0.717) is 5.56 Å². The lowest BCUT2D eigenvalue weighted by Crippen LogP contribution is -2.11. The molecule has 4 N–H and O–H groups in total. The number of aromatic hydroxyl groups is 1. The van der Waals surface area contributed by atoms with E-state index in [4.69, 9.17) is 10.8 Å². The highest BCUT2D eigenvalue weighted by atomic mass is 19.1.